The second kappa shape index (κ2) is 9.64. The number of ether oxygens (including phenoxy) is 2. The number of anilines is 1. The van der Waals surface area contributed by atoms with Gasteiger partial charge in [-0.2, -0.15) is 0 Å². The zero-order chi connectivity index (χ0) is 23.5. The van der Waals surface area contributed by atoms with Crippen molar-refractivity contribution in [3.8, 4) is 5.75 Å². The Kier molecular flexibility index (Phi) is 6.67. The number of nitrogens with one attached hydrogen (secondary N) is 1. The van der Waals surface area contributed by atoms with Crippen LogP contribution >= 0.6 is 22.9 Å². The second-order valence-electron chi connectivity index (χ2n) is 7.23. The van der Waals surface area contributed by atoms with Crippen LogP contribution in [0.5, 0.6) is 5.75 Å². The van der Waals surface area contributed by atoms with Crippen molar-refractivity contribution in [1.29, 1.82) is 0 Å². The molecule has 1 aromatic heterocycles. The summed E-state index contributed by atoms with van der Waals surface area (Å²) < 4.78 is 12.7. The first-order valence-electron chi connectivity index (χ1n) is 10.3. The van der Waals surface area contributed by atoms with Gasteiger partial charge in [-0.25, -0.2) is 9.79 Å². The van der Waals surface area contributed by atoms with Gasteiger partial charge in [-0.05, 0) is 55.8 Å². The number of nitrogens with zero attached hydrogens (tertiary/aromatic N) is 2. The normalized spacial score (nSPS) is 15.6. The SMILES string of the molecule is CCOC(=O)C1=C(C)N=c2s/c(=C/Nc3ccc(Cl)cc3)c(=O)n2[C@H]1c1cccc(OC)c1. The molecule has 0 aliphatic carbocycles. The molecular weight excluding hydrogens is 462 g/mol. The molecule has 7 nitrogen and oxygen atoms in total. The third-order valence-corrected chi connectivity index (χ3v) is 6.38. The van der Waals surface area contributed by atoms with Crippen LogP contribution in [0, 0.1) is 0 Å². The highest BCUT2D eigenvalue weighted by molar-refractivity contribution is 7.07. The van der Waals surface area contributed by atoms with Crippen molar-refractivity contribution in [3.63, 3.8) is 0 Å². The average molecular weight is 484 g/mol. The molecule has 4 rings (SSSR count). The molecule has 0 fully saturated rings. The van der Waals surface area contributed by atoms with Gasteiger partial charge in [-0.3, -0.25) is 9.36 Å². The molecule has 2 heterocycles. The molecule has 3 aromatic rings. The van der Waals surface area contributed by atoms with Crippen LogP contribution in [-0.2, 0) is 9.53 Å². The van der Waals surface area contributed by atoms with Crippen LogP contribution in [0.4, 0.5) is 5.69 Å². The van der Waals surface area contributed by atoms with Crippen LogP contribution in [0.25, 0.3) is 6.20 Å². The monoisotopic (exact) mass is 483 g/mol. The number of hydrogen-bond donors (Lipinski definition) is 1. The van der Waals surface area contributed by atoms with E-state index in [9.17, 15) is 9.59 Å². The van der Waals surface area contributed by atoms with Crippen molar-refractivity contribution >= 4 is 40.8 Å². The average Bonchev–Trinajstić information content (AvgIpc) is 3.12. The van der Waals surface area contributed by atoms with Gasteiger partial charge in [0.25, 0.3) is 5.56 Å². The van der Waals surface area contributed by atoms with E-state index in [0.29, 0.717) is 31.4 Å². The van der Waals surface area contributed by atoms with Crippen LogP contribution < -0.4 is 24.9 Å². The van der Waals surface area contributed by atoms with E-state index in [1.165, 1.54) is 15.9 Å². The third-order valence-electron chi connectivity index (χ3n) is 5.14. The number of carbonyl (C=O) groups is 1. The van der Waals surface area contributed by atoms with Crippen LogP contribution in [0.1, 0.15) is 25.5 Å². The zero-order valence-corrected chi connectivity index (χ0v) is 19.9. The lowest BCUT2D eigenvalue weighted by Gasteiger charge is -2.24. The Morgan fingerprint density at radius 2 is 2.03 bits per heavy atom. The molecule has 9 heteroatoms. The molecule has 0 radical (unpaired) electrons. The van der Waals surface area contributed by atoms with Gasteiger partial charge in [0, 0.05) is 16.9 Å². The minimum atomic E-state index is -0.687. The lowest BCUT2D eigenvalue weighted by atomic mass is 9.95. The molecule has 1 aliphatic rings. The van der Waals surface area contributed by atoms with E-state index in [0.717, 1.165) is 11.3 Å². The maximum Gasteiger partial charge on any atom is 0.338 e. The third kappa shape index (κ3) is 4.58. The molecule has 0 bridgehead atoms. The zero-order valence-electron chi connectivity index (χ0n) is 18.3. The number of allylic oxidation sites excluding steroid dienone is 1. The van der Waals surface area contributed by atoms with Crippen LogP contribution in [-0.4, -0.2) is 24.3 Å². The molecule has 0 amide bonds. The minimum Gasteiger partial charge on any atom is -0.497 e. The number of aromatic nitrogens is 1. The van der Waals surface area contributed by atoms with E-state index in [1.54, 1.807) is 39.3 Å². The van der Waals surface area contributed by atoms with Gasteiger partial charge < -0.3 is 14.8 Å². The Morgan fingerprint density at radius 3 is 2.73 bits per heavy atom. The molecule has 1 N–H and O–H groups in total. The number of methoxy groups -OCH3 is 1. The largest absolute Gasteiger partial charge is 0.497 e. The van der Waals surface area contributed by atoms with Crippen molar-refractivity contribution in [2.75, 3.05) is 19.0 Å². The fourth-order valence-corrected chi connectivity index (χ4v) is 4.71. The maximum atomic E-state index is 13.5. The van der Waals surface area contributed by atoms with E-state index in [2.05, 4.69) is 10.3 Å². The van der Waals surface area contributed by atoms with E-state index in [4.69, 9.17) is 21.1 Å². The molecule has 0 saturated heterocycles. The van der Waals surface area contributed by atoms with Gasteiger partial charge in [0.2, 0.25) is 0 Å². The topological polar surface area (TPSA) is 81.9 Å². The number of halogens is 1. The predicted molar refractivity (Wildman–Crippen MR) is 129 cm³/mol. The highest BCUT2D eigenvalue weighted by atomic mass is 35.5. The van der Waals surface area contributed by atoms with E-state index in [-0.39, 0.29) is 12.2 Å². The number of benzene rings is 2. The lowest BCUT2D eigenvalue weighted by molar-refractivity contribution is -0.139. The van der Waals surface area contributed by atoms with Crippen LogP contribution in [0.15, 0.2) is 69.6 Å². The van der Waals surface area contributed by atoms with Crippen molar-refractivity contribution < 1.29 is 14.3 Å². The summed E-state index contributed by atoms with van der Waals surface area (Å²) in [5.74, 6) is 0.122. The molecule has 0 spiro atoms. The Hall–Kier alpha value is -3.36. The summed E-state index contributed by atoms with van der Waals surface area (Å²) in [5, 5.41) is 3.75. The molecule has 170 valence electrons. The fraction of sp³-hybridized carbons (Fsp3) is 0.208. The lowest BCUT2D eigenvalue weighted by Crippen LogP contribution is -2.40. The first-order valence-corrected chi connectivity index (χ1v) is 11.5. The van der Waals surface area contributed by atoms with E-state index in [1.807, 2.05) is 36.4 Å². The molecule has 2 aromatic carbocycles. The molecular formula is C24H22ClN3O4S. The maximum absolute atomic E-state index is 13.5. The van der Waals surface area contributed by atoms with E-state index < -0.39 is 12.0 Å². The minimum absolute atomic E-state index is 0.218. The summed E-state index contributed by atoms with van der Waals surface area (Å²) in [6.45, 7) is 3.71. The van der Waals surface area contributed by atoms with Crippen molar-refractivity contribution in [2.45, 2.75) is 19.9 Å². The molecule has 1 aliphatic heterocycles. The first-order chi connectivity index (χ1) is 15.9. The predicted octanol–water partition coefficient (Wildman–Crippen LogP) is 3.48. The number of rotatable bonds is 6. The van der Waals surface area contributed by atoms with Gasteiger partial charge >= 0.3 is 5.97 Å². The smallest absolute Gasteiger partial charge is 0.338 e. The molecule has 1 atom stereocenters. The first kappa shape index (κ1) is 22.8. The second-order valence-corrected chi connectivity index (χ2v) is 8.68. The summed E-state index contributed by atoms with van der Waals surface area (Å²) in [4.78, 5) is 31.4. The van der Waals surface area contributed by atoms with Gasteiger partial charge in [0.05, 0.1) is 31.0 Å². The summed E-state index contributed by atoms with van der Waals surface area (Å²) in [6.07, 6.45) is 1.64. The highest BCUT2D eigenvalue weighted by Gasteiger charge is 2.33. The van der Waals surface area contributed by atoms with Crippen molar-refractivity contribution in [3.05, 3.63) is 90.1 Å². The standard InChI is InChI=1S/C24H22ClN3O4S/c1-4-32-23(30)20-14(2)27-24-28(21(20)15-6-5-7-18(12-15)31-3)22(29)19(33-24)13-26-17-10-8-16(25)9-11-17/h5-13,21,26H,4H2,1-3H3/b19-13+/t21-/m0/s1. The Morgan fingerprint density at radius 1 is 1.27 bits per heavy atom. The summed E-state index contributed by atoms with van der Waals surface area (Å²) in [6, 6.07) is 13.8. The van der Waals surface area contributed by atoms with Crippen molar-refractivity contribution in [1.82, 2.24) is 4.57 Å². The quantitative estimate of drug-likeness (QED) is 0.543. The number of thiazole rings is 1. The number of carbonyl (C=O) groups excluding carboxylic acids is 1. The van der Waals surface area contributed by atoms with Gasteiger partial charge in [0.15, 0.2) is 4.80 Å². The summed E-state index contributed by atoms with van der Waals surface area (Å²) in [5.41, 5.74) is 2.10. The van der Waals surface area contributed by atoms with Gasteiger partial charge in [0.1, 0.15) is 10.3 Å². The Balaban J connectivity index is 1.87. The molecule has 33 heavy (non-hydrogen) atoms. The number of hydrogen-bond acceptors (Lipinski definition) is 7. The Bertz CT molecular complexity index is 1410. The summed E-state index contributed by atoms with van der Waals surface area (Å²) >= 11 is 7.19. The molecule has 0 unspecified atom stereocenters. The van der Waals surface area contributed by atoms with Crippen molar-refractivity contribution in [2.24, 2.45) is 4.99 Å². The van der Waals surface area contributed by atoms with Crippen LogP contribution in [0.2, 0.25) is 5.02 Å². The van der Waals surface area contributed by atoms with E-state index >= 15 is 0 Å². The highest BCUT2D eigenvalue weighted by Crippen LogP contribution is 2.32. The van der Waals surface area contributed by atoms with Gasteiger partial charge in [-0.15, -0.1) is 0 Å². The summed E-state index contributed by atoms with van der Waals surface area (Å²) in [7, 11) is 1.57. The number of esters is 1. The number of fused-ring (bicyclic) bond motifs is 1. The fourth-order valence-electron chi connectivity index (χ4n) is 3.61. The van der Waals surface area contributed by atoms with Gasteiger partial charge in [-0.1, -0.05) is 35.1 Å². The molecule has 0 saturated carbocycles. The van der Waals surface area contributed by atoms with Crippen LogP contribution in [0.3, 0.4) is 0 Å². The Labute approximate surface area is 199 Å².